The molecule has 0 bridgehead atoms. The van der Waals surface area contributed by atoms with Crippen molar-refractivity contribution in [2.45, 2.75) is 13.8 Å². The molecule has 0 aliphatic heterocycles. The Bertz CT molecular complexity index is 1340. The molecular weight excluding hydrogens is 405 g/mol. The summed E-state index contributed by atoms with van der Waals surface area (Å²) in [4.78, 5) is 34.6. The van der Waals surface area contributed by atoms with Crippen LogP contribution in [-0.4, -0.2) is 28.0 Å². The third-order valence-electron chi connectivity index (χ3n) is 4.57. The van der Waals surface area contributed by atoms with Crippen molar-refractivity contribution in [1.82, 2.24) is 15.0 Å². The number of carbonyl (C=O) groups is 1. The number of benzene rings is 2. The van der Waals surface area contributed by atoms with Gasteiger partial charge in [-0.2, -0.15) is 4.98 Å². The maximum absolute atomic E-state index is 13.9. The van der Waals surface area contributed by atoms with E-state index in [4.69, 9.17) is 9.15 Å². The minimum absolute atomic E-state index is 0.111. The molecule has 4 aromatic rings. The van der Waals surface area contributed by atoms with Gasteiger partial charge in [-0.1, -0.05) is 0 Å². The molecule has 4 rings (SSSR count). The fourth-order valence-corrected chi connectivity index (χ4v) is 3.11. The molecule has 2 aromatic heterocycles. The van der Waals surface area contributed by atoms with Crippen LogP contribution in [0.4, 0.5) is 27.5 Å². The van der Waals surface area contributed by atoms with E-state index in [0.29, 0.717) is 33.6 Å². The molecule has 10 heteroatoms. The monoisotopic (exact) mass is 423 g/mol. The van der Waals surface area contributed by atoms with Crippen molar-refractivity contribution in [2.24, 2.45) is 0 Å². The molecule has 2 heterocycles. The standard InChI is InChI=1S/C21H18FN5O4/c1-10-6-13(7-11(2)17(10)22)25-20-23-9-14(19(28)30-3)18(27-20)24-12-4-5-16-15(8-12)26-21(29)31-16/h4-9H,1-3H3,(H,26,29)(H2,23,24,25,27). The minimum Gasteiger partial charge on any atom is -0.465 e. The molecule has 0 fully saturated rings. The van der Waals surface area contributed by atoms with Crippen molar-refractivity contribution in [3.8, 4) is 0 Å². The van der Waals surface area contributed by atoms with E-state index in [0.717, 1.165) is 0 Å². The second-order valence-corrected chi connectivity index (χ2v) is 6.85. The van der Waals surface area contributed by atoms with E-state index in [-0.39, 0.29) is 23.1 Å². The average molecular weight is 423 g/mol. The quantitative estimate of drug-likeness (QED) is 0.413. The lowest BCUT2D eigenvalue weighted by Gasteiger charge is -2.13. The molecule has 0 aliphatic rings. The fraction of sp³-hybridized carbons (Fsp3) is 0.143. The molecular formula is C21H18FN5O4. The lowest BCUT2D eigenvalue weighted by Crippen LogP contribution is -2.10. The zero-order valence-electron chi connectivity index (χ0n) is 16.9. The van der Waals surface area contributed by atoms with Crippen molar-refractivity contribution in [3.63, 3.8) is 0 Å². The Kier molecular flexibility index (Phi) is 5.12. The number of esters is 1. The number of oxazole rings is 1. The van der Waals surface area contributed by atoms with Crippen LogP contribution in [0.2, 0.25) is 0 Å². The summed E-state index contributed by atoms with van der Waals surface area (Å²) in [5.74, 6) is -1.09. The highest BCUT2D eigenvalue weighted by Gasteiger charge is 2.17. The molecule has 0 saturated carbocycles. The van der Waals surface area contributed by atoms with Gasteiger partial charge < -0.3 is 19.8 Å². The molecule has 2 aromatic carbocycles. The first kappa shape index (κ1) is 20.1. The number of carbonyl (C=O) groups excluding carboxylic acids is 1. The highest BCUT2D eigenvalue weighted by Crippen LogP contribution is 2.25. The Morgan fingerprint density at radius 3 is 2.58 bits per heavy atom. The molecule has 0 aliphatic carbocycles. The van der Waals surface area contributed by atoms with E-state index in [2.05, 4.69) is 25.6 Å². The molecule has 0 atom stereocenters. The molecule has 9 nitrogen and oxygen atoms in total. The van der Waals surface area contributed by atoms with E-state index in [1.54, 1.807) is 44.2 Å². The lowest BCUT2D eigenvalue weighted by atomic mass is 10.1. The number of anilines is 4. The predicted octanol–water partition coefficient (Wildman–Crippen LogP) is 3.94. The van der Waals surface area contributed by atoms with Crippen LogP contribution in [0.5, 0.6) is 0 Å². The van der Waals surface area contributed by atoms with Gasteiger partial charge in [0.2, 0.25) is 5.95 Å². The molecule has 158 valence electrons. The molecule has 0 spiro atoms. The smallest absolute Gasteiger partial charge is 0.417 e. The van der Waals surface area contributed by atoms with Gasteiger partial charge in [0.15, 0.2) is 11.4 Å². The first-order valence-corrected chi connectivity index (χ1v) is 9.23. The molecule has 31 heavy (non-hydrogen) atoms. The number of nitrogens with zero attached hydrogens (tertiary/aromatic N) is 2. The highest BCUT2D eigenvalue weighted by molar-refractivity contribution is 5.95. The molecule has 0 saturated heterocycles. The van der Waals surface area contributed by atoms with Gasteiger partial charge in [0.1, 0.15) is 11.4 Å². The number of nitrogens with one attached hydrogen (secondary N) is 3. The number of H-pyrrole nitrogens is 1. The maximum Gasteiger partial charge on any atom is 0.417 e. The Balaban J connectivity index is 1.70. The topological polar surface area (TPSA) is 122 Å². The van der Waals surface area contributed by atoms with Gasteiger partial charge in [-0.25, -0.2) is 19.0 Å². The molecule has 0 radical (unpaired) electrons. The van der Waals surface area contributed by atoms with Gasteiger partial charge in [-0.3, -0.25) is 4.98 Å². The normalized spacial score (nSPS) is 10.8. The number of aromatic amines is 1. The number of rotatable bonds is 5. The number of aryl methyl sites for hydroxylation is 2. The van der Waals surface area contributed by atoms with Crippen LogP contribution in [0.15, 0.2) is 45.7 Å². The van der Waals surface area contributed by atoms with Crippen LogP contribution >= 0.6 is 0 Å². The van der Waals surface area contributed by atoms with Crippen LogP contribution < -0.4 is 16.4 Å². The van der Waals surface area contributed by atoms with Gasteiger partial charge in [0.25, 0.3) is 0 Å². The van der Waals surface area contributed by atoms with Crippen molar-refractivity contribution in [2.75, 3.05) is 17.7 Å². The number of hydrogen-bond acceptors (Lipinski definition) is 8. The van der Waals surface area contributed by atoms with Crippen molar-refractivity contribution in [3.05, 3.63) is 69.6 Å². The Morgan fingerprint density at radius 2 is 1.87 bits per heavy atom. The van der Waals surface area contributed by atoms with Crippen LogP contribution in [0.1, 0.15) is 21.5 Å². The van der Waals surface area contributed by atoms with Crippen molar-refractivity contribution >= 4 is 40.2 Å². The van der Waals surface area contributed by atoms with E-state index < -0.39 is 11.7 Å². The third kappa shape index (κ3) is 4.08. The Hall–Kier alpha value is -4.21. The minimum atomic E-state index is -0.625. The number of fused-ring (bicyclic) bond motifs is 1. The first-order chi connectivity index (χ1) is 14.8. The average Bonchev–Trinajstić information content (AvgIpc) is 3.11. The highest BCUT2D eigenvalue weighted by atomic mass is 19.1. The van der Waals surface area contributed by atoms with Gasteiger partial charge in [0, 0.05) is 17.6 Å². The van der Waals surface area contributed by atoms with Crippen LogP contribution in [0, 0.1) is 19.7 Å². The van der Waals surface area contributed by atoms with Gasteiger partial charge >= 0.3 is 11.7 Å². The summed E-state index contributed by atoms with van der Waals surface area (Å²) in [6.07, 6.45) is 1.32. The summed E-state index contributed by atoms with van der Waals surface area (Å²) in [5.41, 5.74) is 3.11. The lowest BCUT2D eigenvalue weighted by molar-refractivity contribution is 0.0601. The van der Waals surface area contributed by atoms with Crippen molar-refractivity contribution < 1.29 is 18.3 Å². The van der Waals surface area contributed by atoms with Gasteiger partial charge in [-0.05, 0) is 55.3 Å². The fourth-order valence-electron chi connectivity index (χ4n) is 3.11. The second-order valence-electron chi connectivity index (χ2n) is 6.85. The summed E-state index contributed by atoms with van der Waals surface area (Å²) in [6, 6.07) is 8.19. The summed E-state index contributed by atoms with van der Waals surface area (Å²) >= 11 is 0. The summed E-state index contributed by atoms with van der Waals surface area (Å²) in [5, 5.41) is 6.04. The third-order valence-corrected chi connectivity index (χ3v) is 4.57. The first-order valence-electron chi connectivity index (χ1n) is 9.23. The molecule has 3 N–H and O–H groups in total. The summed E-state index contributed by atoms with van der Waals surface area (Å²) < 4.78 is 23.7. The zero-order valence-corrected chi connectivity index (χ0v) is 16.9. The van der Waals surface area contributed by atoms with Crippen molar-refractivity contribution in [1.29, 1.82) is 0 Å². The van der Waals surface area contributed by atoms with E-state index in [9.17, 15) is 14.0 Å². The number of ether oxygens (including phenoxy) is 1. The van der Waals surface area contributed by atoms with E-state index in [1.165, 1.54) is 13.3 Å². The van der Waals surface area contributed by atoms with Gasteiger partial charge in [0.05, 0.1) is 12.6 Å². The Labute approximate surface area is 175 Å². The SMILES string of the molecule is COC(=O)c1cnc(Nc2cc(C)c(F)c(C)c2)nc1Nc1ccc2oc(=O)[nH]c2c1. The summed E-state index contributed by atoms with van der Waals surface area (Å²) in [7, 11) is 1.25. The zero-order chi connectivity index (χ0) is 22.1. The number of methoxy groups -OCH3 is 1. The van der Waals surface area contributed by atoms with E-state index in [1.807, 2.05) is 0 Å². The second kappa shape index (κ2) is 7.90. The Morgan fingerprint density at radius 1 is 1.13 bits per heavy atom. The van der Waals surface area contributed by atoms with Crippen LogP contribution in [0.25, 0.3) is 11.1 Å². The van der Waals surface area contributed by atoms with E-state index >= 15 is 0 Å². The molecule has 0 amide bonds. The summed E-state index contributed by atoms with van der Waals surface area (Å²) in [6.45, 7) is 3.33. The molecule has 0 unspecified atom stereocenters. The number of aromatic nitrogens is 3. The largest absolute Gasteiger partial charge is 0.465 e. The number of hydrogen-bond donors (Lipinski definition) is 3. The van der Waals surface area contributed by atoms with Gasteiger partial charge in [-0.15, -0.1) is 0 Å². The predicted molar refractivity (Wildman–Crippen MR) is 113 cm³/mol. The van der Waals surface area contributed by atoms with Crippen LogP contribution in [0.3, 0.4) is 0 Å². The van der Waals surface area contributed by atoms with Crippen LogP contribution in [-0.2, 0) is 4.74 Å². The number of halogens is 1. The maximum atomic E-state index is 13.9.